The predicted octanol–water partition coefficient (Wildman–Crippen LogP) is 3.30. The van der Waals surface area contributed by atoms with Crippen molar-refractivity contribution in [2.75, 3.05) is 13.1 Å². The Labute approximate surface area is 122 Å². The first kappa shape index (κ1) is 13.5. The van der Waals surface area contributed by atoms with Crippen LogP contribution in [0, 0.1) is 5.82 Å². The molecule has 0 radical (unpaired) electrons. The topological polar surface area (TPSA) is 15.3 Å². The number of halogens is 2. The average molecular weight is 327 g/mol. The highest BCUT2D eigenvalue weighted by molar-refractivity contribution is 9.10. The molecule has 0 bridgehead atoms. The SMILES string of the molecule is Fc1cc(Br)cc(CN(CC2CCCN2)C2CC2)c1. The van der Waals surface area contributed by atoms with Gasteiger partial charge >= 0.3 is 0 Å². The molecule has 1 atom stereocenters. The van der Waals surface area contributed by atoms with Crippen molar-refractivity contribution >= 4 is 15.9 Å². The maximum absolute atomic E-state index is 13.4. The monoisotopic (exact) mass is 326 g/mol. The molecule has 2 fully saturated rings. The van der Waals surface area contributed by atoms with Gasteiger partial charge in [0.1, 0.15) is 5.82 Å². The molecule has 1 aliphatic carbocycles. The second kappa shape index (κ2) is 5.90. The van der Waals surface area contributed by atoms with Crippen LogP contribution in [-0.2, 0) is 6.54 Å². The van der Waals surface area contributed by atoms with E-state index in [0.717, 1.165) is 29.7 Å². The van der Waals surface area contributed by atoms with Gasteiger partial charge in [-0.15, -0.1) is 0 Å². The van der Waals surface area contributed by atoms with E-state index < -0.39 is 0 Å². The summed E-state index contributed by atoms with van der Waals surface area (Å²) in [5, 5.41) is 3.55. The molecule has 19 heavy (non-hydrogen) atoms. The minimum Gasteiger partial charge on any atom is -0.313 e. The maximum atomic E-state index is 13.4. The second-order valence-corrected chi connectivity index (χ2v) is 6.65. The molecule has 2 nitrogen and oxygen atoms in total. The standard InChI is InChI=1S/C15H20BrFN2/c16-12-6-11(7-13(17)8-12)9-19(15-3-4-15)10-14-2-1-5-18-14/h6-8,14-15,18H,1-5,9-10H2. The van der Waals surface area contributed by atoms with E-state index in [4.69, 9.17) is 0 Å². The molecule has 4 heteroatoms. The van der Waals surface area contributed by atoms with Gasteiger partial charge in [0.15, 0.2) is 0 Å². The van der Waals surface area contributed by atoms with E-state index in [1.807, 2.05) is 6.07 Å². The van der Waals surface area contributed by atoms with Crippen molar-refractivity contribution in [2.45, 2.75) is 44.3 Å². The summed E-state index contributed by atoms with van der Waals surface area (Å²) in [4.78, 5) is 2.52. The van der Waals surface area contributed by atoms with Crippen LogP contribution in [0.4, 0.5) is 4.39 Å². The van der Waals surface area contributed by atoms with Gasteiger partial charge in [0.05, 0.1) is 0 Å². The molecule has 1 saturated heterocycles. The largest absolute Gasteiger partial charge is 0.313 e. The van der Waals surface area contributed by atoms with Gasteiger partial charge in [0.25, 0.3) is 0 Å². The Bertz CT molecular complexity index is 422. The first-order valence-corrected chi connectivity index (χ1v) is 7.92. The zero-order chi connectivity index (χ0) is 13.2. The van der Waals surface area contributed by atoms with Gasteiger partial charge < -0.3 is 5.32 Å². The van der Waals surface area contributed by atoms with Gasteiger partial charge in [-0.05, 0) is 56.0 Å². The molecular formula is C15H20BrFN2. The number of hydrogen-bond acceptors (Lipinski definition) is 2. The van der Waals surface area contributed by atoms with Crippen molar-refractivity contribution in [2.24, 2.45) is 0 Å². The summed E-state index contributed by atoms with van der Waals surface area (Å²) < 4.78 is 14.3. The molecular weight excluding hydrogens is 307 g/mol. The van der Waals surface area contributed by atoms with Crippen molar-refractivity contribution < 1.29 is 4.39 Å². The lowest BCUT2D eigenvalue weighted by Crippen LogP contribution is -2.38. The summed E-state index contributed by atoms with van der Waals surface area (Å²) in [5.74, 6) is -0.154. The molecule has 0 spiro atoms. The summed E-state index contributed by atoms with van der Waals surface area (Å²) in [6, 6.07) is 6.54. The Balaban J connectivity index is 1.66. The Morgan fingerprint density at radius 1 is 1.26 bits per heavy atom. The fourth-order valence-electron chi connectivity index (χ4n) is 2.91. The smallest absolute Gasteiger partial charge is 0.124 e. The summed E-state index contributed by atoms with van der Waals surface area (Å²) in [7, 11) is 0. The van der Waals surface area contributed by atoms with Crippen LogP contribution in [0.2, 0.25) is 0 Å². The number of rotatable bonds is 5. The van der Waals surface area contributed by atoms with E-state index in [2.05, 4.69) is 26.1 Å². The molecule has 1 unspecified atom stereocenters. The van der Waals surface area contributed by atoms with Gasteiger partial charge in [-0.25, -0.2) is 4.39 Å². The first-order chi connectivity index (χ1) is 9.20. The molecule has 1 aromatic rings. The Kier molecular flexibility index (Phi) is 4.20. The van der Waals surface area contributed by atoms with Gasteiger partial charge in [0.2, 0.25) is 0 Å². The lowest BCUT2D eigenvalue weighted by atomic mass is 10.1. The third kappa shape index (κ3) is 3.77. The molecule has 1 aromatic carbocycles. The Hall–Kier alpha value is -0.450. The van der Waals surface area contributed by atoms with Gasteiger partial charge in [-0.2, -0.15) is 0 Å². The van der Waals surface area contributed by atoms with Gasteiger partial charge in [-0.1, -0.05) is 15.9 Å². The summed E-state index contributed by atoms with van der Waals surface area (Å²) in [6.45, 7) is 3.10. The van der Waals surface area contributed by atoms with Gasteiger partial charge in [0, 0.05) is 29.6 Å². The maximum Gasteiger partial charge on any atom is 0.124 e. The minimum atomic E-state index is -0.154. The fourth-order valence-corrected chi connectivity index (χ4v) is 3.43. The molecule has 0 aromatic heterocycles. The Morgan fingerprint density at radius 2 is 2.11 bits per heavy atom. The van der Waals surface area contributed by atoms with E-state index >= 15 is 0 Å². The average Bonchev–Trinajstić information content (AvgIpc) is 3.06. The van der Waals surface area contributed by atoms with E-state index in [1.165, 1.54) is 31.7 Å². The zero-order valence-electron chi connectivity index (χ0n) is 11.0. The van der Waals surface area contributed by atoms with E-state index in [9.17, 15) is 4.39 Å². The molecule has 2 aliphatic rings. The van der Waals surface area contributed by atoms with Crippen LogP contribution < -0.4 is 5.32 Å². The zero-order valence-corrected chi connectivity index (χ0v) is 12.6. The summed E-state index contributed by atoms with van der Waals surface area (Å²) in [6.07, 6.45) is 5.15. The highest BCUT2D eigenvalue weighted by atomic mass is 79.9. The number of nitrogens with one attached hydrogen (secondary N) is 1. The van der Waals surface area contributed by atoms with E-state index in [1.54, 1.807) is 6.07 Å². The molecule has 0 amide bonds. The molecule has 3 rings (SSSR count). The van der Waals surface area contributed by atoms with E-state index in [0.29, 0.717) is 12.1 Å². The lowest BCUT2D eigenvalue weighted by molar-refractivity contribution is 0.231. The normalized spacial score (nSPS) is 23.2. The lowest BCUT2D eigenvalue weighted by Gasteiger charge is -2.25. The fraction of sp³-hybridized carbons (Fsp3) is 0.600. The predicted molar refractivity (Wildman–Crippen MR) is 78.6 cm³/mol. The molecule has 1 aliphatic heterocycles. The second-order valence-electron chi connectivity index (χ2n) is 5.73. The van der Waals surface area contributed by atoms with Crippen LogP contribution in [0.15, 0.2) is 22.7 Å². The van der Waals surface area contributed by atoms with Crippen LogP contribution in [0.1, 0.15) is 31.2 Å². The van der Waals surface area contributed by atoms with Crippen LogP contribution in [0.5, 0.6) is 0 Å². The molecule has 1 heterocycles. The first-order valence-electron chi connectivity index (χ1n) is 7.13. The van der Waals surface area contributed by atoms with Crippen molar-refractivity contribution in [1.29, 1.82) is 0 Å². The minimum absolute atomic E-state index is 0.154. The quantitative estimate of drug-likeness (QED) is 0.893. The number of benzene rings is 1. The number of hydrogen-bond donors (Lipinski definition) is 1. The van der Waals surface area contributed by atoms with Crippen LogP contribution in [-0.4, -0.2) is 30.1 Å². The van der Waals surface area contributed by atoms with Crippen LogP contribution in [0.3, 0.4) is 0 Å². The van der Waals surface area contributed by atoms with E-state index in [-0.39, 0.29) is 5.82 Å². The third-order valence-corrected chi connectivity index (χ3v) is 4.45. The highest BCUT2D eigenvalue weighted by Gasteiger charge is 2.31. The van der Waals surface area contributed by atoms with Crippen LogP contribution >= 0.6 is 15.9 Å². The van der Waals surface area contributed by atoms with Crippen molar-refractivity contribution in [3.05, 3.63) is 34.1 Å². The van der Waals surface area contributed by atoms with Crippen LogP contribution in [0.25, 0.3) is 0 Å². The highest BCUT2D eigenvalue weighted by Crippen LogP contribution is 2.29. The Morgan fingerprint density at radius 3 is 2.74 bits per heavy atom. The van der Waals surface area contributed by atoms with Crippen molar-refractivity contribution in [3.8, 4) is 0 Å². The van der Waals surface area contributed by atoms with Crippen molar-refractivity contribution in [1.82, 2.24) is 10.2 Å². The number of nitrogens with zero attached hydrogens (tertiary/aromatic N) is 1. The third-order valence-electron chi connectivity index (χ3n) is 3.99. The molecule has 1 N–H and O–H groups in total. The summed E-state index contributed by atoms with van der Waals surface area (Å²) in [5.41, 5.74) is 1.07. The molecule has 1 saturated carbocycles. The molecule has 104 valence electrons. The van der Waals surface area contributed by atoms with Gasteiger partial charge in [-0.3, -0.25) is 4.90 Å². The summed E-state index contributed by atoms with van der Waals surface area (Å²) >= 11 is 3.37. The van der Waals surface area contributed by atoms with Crippen molar-refractivity contribution in [3.63, 3.8) is 0 Å².